The van der Waals surface area contributed by atoms with E-state index in [2.05, 4.69) is 5.32 Å². The van der Waals surface area contributed by atoms with Gasteiger partial charge in [0.2, 0.25) is 5.91 Å². The Balaban J connectivity index is 1.58. The van der Waals surface area contributed by atoms with Crippen molar-refractivity contribution in [1.29, 1.82) is 0 Å². The lowest BCUT2D eigenvalue weighted by Gasteiger charge is -2.39. The summed E-state index contributed by atoms with van der Waals surface area (Å²) in [5.41, 5.74) is 3.15. The number of fused-ring (bicyclic) bond motifs is 6. The Morgan fingerprint density at radius 1 is 0.780 bits per heavy atom. The Kier molecular flexibility index (Phi) is 5.93. The Bertz CT molecular complexity index is 1820. The second-order valence-electron chi connectivity index (χ2n) is 10.7. The van der Waals surface area contributed by atoms with E-state index in [1.165, 1.54) is 0 Å². The Labute approximate surface area is 247 Å². The molecule has 3 aliphatic heterocycles. The number of benzene rings is 4. The van der Waals surface area contributed by atoms with Crippen LogP contribution in [-0.2, 0) is 10.2 Å². The first kappa shape index (κ1) is 25.8. The van der Waals surface area contributed by atoms with Crippen LogP contribution in [0.4, 0.5) is 11.4 Å². The molecule has 1 fully saturated rings. The fourth-order valence-electron chi connectivity index (χ4n) is 7.04. The minimum absolute atomic E-state index is 0.264. The molecule has 4 atom stereocenters. The molecule has 41 heavy (non-hydrogen) atoms. The molecule has 0 bridgehead atoms. The standard InChI is InChI=1S/C34H24Cl2N2O3/c1-19-18-28-34(23-13-5-8-16-26(23)37-33(34)41)29(31(39)21-11-2-6-14-24(21)35)30(32(40)22-12-3-7-15-25(22)36)38(28)27-17-9-4-10-20(19)27/h2-18,28-30H,1H3,(H,37,41)/t28-,29-,30-,34-/m0/s1. The van der Waals surface area contributed by atoms with Crippen LogP contribution >= 0.6 is 23.2 Å². The van der Waals surface area contributed by atoms with Crippen LogP contribution in [0, 0.1) is 5.92 Å². The molecule has 0 aliphatic carbocycles. The zero-order valence-corrected chi connectivity index (χ0v) is 23.5. The number of amides is 1. The van der Waals surface area contributed by atoms with Gasteiger partial charge in [-0.2, -0.15) is 0 Å². The van der Waals surface area contributed by atoms with E-state index in [4.69, 9.17) is 23.2 Å². The van der Waals surface area contributed by atoms with Crippen molar-refractivity contribution in [3.05, 3.63) is 135 Å². The summed E-state index contributed by atoms with van der Waals surface area (Å²) >= 11 is 13.2. The zero-order valence-electron chi connectivity index (χ0n) is 22.0. The number of carbonyl (C=O) groups excluding carboxylic acids is 3. The molecular weight excluding hydrogens is 555 g/mol. The maximum absolute atomic E-state index is 14.9. The van der Waals surface area contributed by atoms with Gasteiger partial charge in [-0.05, 0) is 54.5 Å². The van der Waals surface area contributed by atoms with Crippen molar-refractivity contribution in [2.24, 2.45) is 5.92 Å². The molecule has 0 unspecified atom stereocenters. The predicted molar refractivity (Wildman–Crippen MR) is 162 cm³/mol. The van der Waals surface area contributed by atoms with Gasteiger partial charge in [0.25, 0.3) is 0 Å². The molecule has 4 aromatic carbocycles. The molecule has 3 heterocycles. The molecule has 1 saturated heterocycles. The smallest absolute Gasteiger partial charge is 0.238 e. The van der Waals surface area contributed by atoms with Crippen LogP contribution in [0.5, 0.6) is 0 Å². The number of anilines is 2. The van der Waals surface area contributed by atoms with Crippen LogP contribution in [0.2, 0.25) is 10.0 Å². The number of hydrogen-bond acceptors (Lipinski definition) is 4. The van der Waals surface area contributed by atoms with Gasteiger partial charge in [-0.3, -0.25) is 14.4 Å². The highest BCUT2D eigenvalue weighted by Crippen LogP contribution is 2.59. The van der Waals surface area contributed by atoms with Gasteiger partial charge in [-0.15, -0.1) is 0 Å². The summed E-state index contributed by atoms with van der Waals surface area (Å²) in [5, 5.41) is 3.59. The molecule has 4 aromatic rings. The molecule has 1 amide bonds. The minimum Gasteiger partial charge on any atom is -0.352 e. The van der Waals surface area contributed by atoms with Crippen molar-refractivity contribution in [1.82, 2.24) is 0 Å². The summed E-state index contributed by atoms with van der Waals surface area (Å²) in [7, 11) is 0. The van der Waals surface area contributed by atoms with Crippen LogP contribution in [0.25, 0.3) is 5.57 Å². The lowest BCUT2D eigenvalue weighted by atomic mass is 9.64. The summed E-state index contributed by atoms with van der Waals surface area (Å²) in [4.78, 5) is 46.0. The molecule has 0 saturated carbocycles. The number of para-hydroxylation sites is 2. The third-order valence-corrected chi connectivity index (χ3v) is 9.37. The molecule has 7 heteroatoms. The molecule has 3 aliphatic rings. The Morgan fingerprint density at radius 2 is 1.37 bits per heavy atom. The second kappa shape index (κ2) is 9.44. The molecule has 7 rings (SSSR count). The molecule has 0 aromatic heterocycles. The highest BCUT2D eigenvalue weighted by atomic mass is 35.5. The number of allylic oxidation sites excluding steroid dienone is 1. The number of rotatable bonds is 4. The van der Waals surface area contributed by atoms with E-state index < -0.39 is 23.4 Å². The van der Waals surface area contributed by atoms with Crippen LogP contribution in [0.3, 0.4) is 0 Å². The third-order valence-electron chi connectivity index (χ3n) is 8.71. The van der Waals surface area contributed by atoms with E-state index >= 15 is 0 Å². The quantitative estimate of drug-likeness (QED) is 0.259. The maximum Gasteiger partial charge on any atom is 0.238 e. The van der Waals surface area contributed by atoms with Crippen molar-refractivity contribution in [3.63, 3.8) is 0 Å². The van der Waals surface area contributed by atoms with Gasteiger partial charge >= 0.3 is 0 Å². The first-order chi connectivity index (χ1) is 19.9. The monoisotopic (exact) mass is 578 g/mol. The fraction of sp³-hybridized carbons (Fsp3) is 0.147. The van der Waals surface area contributed by atoms with Gasteiger partial charge in [0, 0.05) is 28.1 Å². The van der Waals surface area contributed by atoms with Crippen LogP contribution in [0.1, 0.15) is 38.8 Å². The fourth-order valence-corrected chi connectivity index (χ4v) is 7.49. The molecule has 202 valence electrons. The average molecular weight is 579 g/mol. The van der Waals surface area contributed by atoms with Crippen molar-refractivity contribution in [3.8, 4) is 0 Å². The van der Waals surface area contributed by atoms with Crippen molar-refractivity contribution >= 4 is 57.6 Å². The maximum atomic E-state index is 14.9. The second-order valence-corrected chi connectivity index (χ2v) is 11.5. The normalized spacial score (nSPS) is 23.9. The van der Waals surface area contributed by atoms with Gasteiger partial charge in [0.1, 0.15) is 11.5 Å². The van der Waals surface area contributed by atoms with E-state index in [-0.39, 0.29) is 33.1 Å². The molecule has 0 radical (unpaired) electrons. The average Bonchev–Trinajstić information content (AvgIpc) is 3.45. The van der Waals surface area contributed by atoms with Gasteiger partial charge in [0.15, 0.2) is 11.6 Å². The first-order valence-corrected chi connectivity index (χ1v) is 14.2. The molecule has 5 nitrogen and oxygen atoms in total. The minimum atomic E-state index is -1.41. The number of ketones is 2. The SMILES string of the molecule is CC1=C[C@@H]2N(c3ccccc31)[C@H](C(=O)c1ccccc1Cl)[C@@H](C(=O)c1ccccc1Cl)[C@@]21C(=O)Nc2ccccc21. The van der Waals surface area contributed by atoms with Gasteiger partial charge in [0.05, 0.1) is 22.0 Å². The molecule has 1 N–H and O–H groups in total. The van der Waals surface area contributed by atoms with Crippen LogP contribution in [0.15, 0.2) is 103 Å². The zero-order chi connectivity index (χ0) is 28.5. The van der Waals surface area contributed by atoms with E-state index in [0.29, 0.717) is 16.8 Å². The summed E-state index contributed by atoms with van der Waals surface area (Å²) < 4.78 is 0. The highest BCUT2D eigenvalue weighted by Gasteiger charge is 2.70. The summed E-state index contributed by atoms with van der Waals surface area (Å²) in [6.07, 6.45) is 2.02. The van der Waals surface area contributed by atoms with E-state index in [1.807, 2.05) is 66.4 Å². The lowest BCUT2D eigenvalue weighted by molar-refractivity contribution is -0.121. The van der Waals surface area contributed by atoms with Crippen molar-refractivity contribution < 1.29 is 14.4 Å². The Morgan fingerprint density at radius 3 is 2.07 bits per heavy atom. The predicted octanol–water partition coefficient (Wildman–Crippen LogP) is 7.24. The number of carbonyl (C=O) groups is 3. The third kappa shape index (κ3) is 3.52. The number of hydrogen-bond donors (Lipinski definition) is 1. The van der Waals surface area contributed by atoms with E-state index in [1.54, 1.807) is 48.5 Å². The summed E-state index contributed by atoms with van der Waals surface area (Å²) in [5.74, 6) is -2.14. The summed E-state index contributed by atoms with van der Waals surface area (Å²) in [6.45, 7) is 2.00. The van der Waals surface area contributed by atoms with Crippen LogP contribution in [-0.4, -0.2) is 29.6 Å². The molecule has 1 spiro atoms. The first-order valence-electron chi connectivity index (χ1n) is 13.4. The topological polar surface area (TPSA) is 66.5 Å². The van der Waals surface area contributed by atoms with Crippen molar-refractivity contribution in [2.45, 2.75) is 24.4 Å². The number of nitrogens with one attached hydrogen (secondary N) is 1. The van der Waals surface area contributed by atoms with Gasteiger partial charge in [-0.1, -0.05) is 89.9 Å². The summed E-state index contributed by atoms with van der Waals surface area (Å²) in [6, 6.07) is 27.1. The largest absolute Gasteiger partial charge is 0.352 e. The van der Waals surface area contributed by atoms with Crippen LogP contribution < -0.4 is 10.2 Å². The molecular formula is C34H24Cl2N2O3. The number of halogens is 2. The van der Waals surface area contributed by atoms with E-state index in [0.717, 1.165) is 16.8 Å². The lowest BCUT2D eigenvalue weighted by Crippen LogP contribution is -2.51. The van der Waals surface area contributed by atoms with Gasteiger partial charge < -0.3 is 10.2 Å². The highest BCUT2D eigenvalue weighted by molar-refractivity contribution is 6.36. The van der Waals surface area contributed by atoms with Crippen molar-refractivity contribution in [2.75, 3.05) is 10.2 Å². The Hall–Kier alpha value is -4.19. The van der Waals surface area contributed by atoms with Gasteiger partial charge in [-0.25, -0.2) is 0 Å². The number of Topliss-reactive ketones (excluding diaryl/α,β-unsaturated/α-hetero) is 2. The van der Waals surface area contributed by atoms with E-state index in [9.17, 15) is 14.4 Å². The number of nitrogens with zero attached hydrogens (tertiary/aromatic N) is 1.